The van der Waals surface area contributed by atoms with Crippen molar-refractivity contribution in [3.8, 4) is 0 Å². The van der Waals surface area contributed by atoms with Crippen molar-refractivity contribution in [3.63, 3.8) is 0 Å². The van der Waals surface area contributed by atoms with Gasteiger partial charge in [0.2, 0.25) is 0 Å². The molecular weight excluding hydrogens is 160 g/mol. The minimum absolute atomic E-state index is 0. The minimum atomic E-state index is -0.833. The third-order valence-corrected chi connectivity index (χ3v) is 0.302. The second kappa shape index (κ2) is 11.1. The molecule has 0 aliphatic rings. The fourth-order valence-corrected chi connectivity index (χ4v) is 0. The predicted molar refractivity (Wildman–Crippen MR) is 38.5 cm³/mol. The third kappa shape index (κ3) is 185. The molecule has 0 bridgehead atoms. The predicted octanol–water partition coefficient (Wildman–Crippen LogP) is 0.994. The molecule has 0 heterocycles. The lowest BCUT2D eigenvalue weighted by molar-refractivity contribution is -0.137. The Balaban J connectivity index is -0.0000000910. The quantitative estimate of drug-likeness (QED) is 0.616. The molecule has 10 heavy (non-hydrogen) atoms. The van der Waals surface area contributed by atoms with E-state index in [1.54, 1.807) is 6.92 Å². The van der Waals surface area contributed by atoms with E-state index < -0.39 is 11.9 Å². The van der Waals surface area contributed by atoms with Crippen LogP contribution in [0.5, 0.6) is 0 Å². The van der Waals surface area contributed by atoms with Gasteiger partial charge < -0.3 is 10.2 Å². The van der Waals surface area contributed by atoms with Crippen molar-refractivity contribution in [1.29, 1.82) is 0 Å². The Morgan fingerprint density at radius 2 is 1.40 bits per heavy atom. The lowest BCUT2D eigenvalue weighted by Gasteiger charge is -1.71. The maximum atomic E-state index is 9.37. The van der Waals surface area contributed by atoms with Gasteiger partial charge in [-0.3, -0.25) is 9.59 Å². The molecule has 0 spiro atoms. The van der Waals surface area contributed by atoms with Crippen molar-refractivity contribution in [2.75, 3.05) is 0 Å². The van der Waals surface area contributed by atoms with E-state index in [4.69, 9.17) is 15.0 Å². The first kappa shape index (κ1) is 16.1. The zero-order valence-corrected chi connectivity index (χ0v) is 6.64. The van der Waals surface area contributed by atoms with Crippen molar-refractivity contribution in [2.24, 2.45) is 0 Å². The molecular formula is C5H11ClO4. The molecule has 5 heteroatoms. The molecule has 62 valence electrons. The van der Waals surface area contributed by atoms with Gasteiger partial charge in [0, 0.05) is 13.3 Å². The van der Waals surface area contributed by atoms with Crippen LogP contribution in [0, 0.1) is 0 Å². The molecule has 4 nitrogen and oxygen atoms in total. The highest BCUT2D eigenvalue weighted by molar-refractivity contribution is 5.85. The van der Waals surface area contributed by atoms with E-state index in [9.17, 15) is 4.79 Å². The first-order valence-corrected chi connectivity index (χ1v) is 2.42. The van der Waals surface area contributed by atoms with Crippen LogP contribution in [0.1, 0.15) is 20.3 Å². The summed E-state index contributed by atoms with van der Waals surface area (Å²) in [6.07, 6.45) is 0.222. The normalized spacial score (nSPS) is 6.20. The fourth-order valence-electron chi connectivity index (χ4n) is 0. The van der Waals surface area contributed by atoms with Crippen LogP contribution in [0.15, 0.2) is 0 Å². The summed E-state index contributed by atoms with van der Waals surface area (Å²) < 4.78 is 0. The Bertz CT molecular complexity index is 97.8. The maximum absolute atomic E-state index is 9.37. The number of hydrogen-bond acceptors (Lipinski definition) is 2. The highest BCUT2D eigenvalue weighted by Gasteiger charge is 1.80. The van der Waals surface area contributed by atoms with Crippen LogP contribution < -0.4 is 0 Å². The summed E-state index contributed by atoms with van der Waals surface area (Å²) in [5, 5.41) is 15.1. The van der Waals surface area contributed by atoms with E-state index in [2.05, 4.69) is 0 Å². The summed E-state index contributed by atoms with van der Waals surface area (Å²) in [6.45, 7) is 2.68. The fraction of sp³-hybridized carbons (Fsp3) is 0.600. The van der Waals surface area contributed by atoms with Crippen molar-refractivity contribution in [1.82, 2.24) is 0 Å². The van der Waals surface area contributed by atoms with Gasteiger partial charge in [0.15, 0.2) is 0 Å². The maximum Gasteiger partial charge on any atom is 0.303 e. The molecule has 0 aromatic carbocycles. The van der Waals surface area contributed by atoms with E-state index in [1.165, 1.54) is 0 Å². The molecule has 0 aromatic heterocycles. The standard InChI is InChI=1S/C3H6O2.C2H4O2.ClH/c1-2-3(4)5;1-2(3)4;/h2H2,1H3,(H,4,5);1H3,(H,3,4);1H. The van der Waals surface area contributed by atoms with E-state index in [0.717, 1.165) is 6.92 Å². The third-order valence-electron chi connectivity index (χ3n) is 0.302. The van der Waals surface area contributed by atoms with E-state index in [0.29, 0.717) is 0 Å². The van der Waals surface area contributed by atoms with Gasteiger partial charge in [-0.2, -0.15) is 0 Å². The van der Waals surface area contributed by atoms with E-state index in [1.807, 2.05) is 0 Å². The topological polar surface area (TPSA) is 74.6 Å². The summed E-state index contributed by atoms with van der Waals surface area (Å²) in [6, 6.07) is 0. The summed E-state index contributed by atoms with van der Waals surface area (Å²) in [5.74, 6) is -1.58. The van der Waals surface area contributed by atoms with Crippen LogP contribution in [-0.2, 0) is 9.59 Å². The molecule has 0 aliphatic heterocycles. The number of halogens is 1. The van der Waals surface area contributed by atoms with Crippen LogP contribution in [0.25, 0.3) is 0 Å². The Kier molecular flexibility index (Phi) is 17.9. The van der Waals surface area contributed by atoms with E-state index >= 15 is 0 Å². The van der Waals surface area contributed by atoms with Crippen LogP contribution in [0.4, 0.5) is 0 Å². The van der Waals surface area contributed by atoms with Gasteiger partial charge >= 0.3 is 5.97 Å². The first-order chi connectivity index (χ1) is 4.00. The Morgan fingerprint density at radius 1 is 1.30 bits per heavy atom. The van der Waals surface area contributed by atoms with Gasteiger partial charge in [-0.25, -0.2) is 0 Å². The second-order valence-corrected chi connectivity index (χ2v) is 1.27. The molecule has 0 amide bonds. The SMILES string of the molecule is CC(=O)O.CCC(=O)O.Cl. The molecule has 0 aliphatic carbocycles. The molecule has 0 saturated heterocycles. The molecule has 0 rings (SSSR count). The highest BCUT2D eigenvalue weighted by atomic mass is 35.5. The number of carboxylic acid groups (broad SMARTS) is 2. The van der Waals surface area contributed by atoms with Crippen molar-refractivity contribution in [3.05, 3.63) is 0 Å². The summed E-state index contributed by atoms with van der Waals surface area (Å²) in [7, 11) is 0. The first-order valence-electron chi connectivity index (χ1n) is 2.42. The lowest BCUT2D eigenvalue weighted by atomic mass is 10.5. The van der Waals surface area contributed by atoms with Gasteiger partial charge in [0.25, 0.3) is 5.97 Å². The molecule has 0 radical (unpaired) electrons. The number of hydrogen-bond donors (Lipinski definition) is 2. The molecule has 0 unspecified atom stereocenters. The van der Waals surface area contributed by atoms with Gasteiger partial charge in [-0.1, -0.05) is 6.92 Å². The summed E-state index contributed by atoms with van der Waals surface area (Å²) in [5.41, 5.74) is 0. The molecule has 0 fully saturated rings. The average Bonchev–Trinajstić information content (AvgIpc) is 1.65. The van der Waals surface area contributed by atoms with Crippen LogP contribution in [0.3, 0.4) is 0 Å². The minimum Gasteiger partial charge on any atom is -0.481 e. The molecule has 2 N–H and O–H groups in total. The van der Waals surface area contributed by atoms with Crippen LogP contribution in [0.2, 0.25) is 0 Å². The monoisotopic (exact) mass is 170 g/mol. The van der Waals surface area contributed by atoms with Gasteiger partial charge in [-0.05, 0) is 0 Å². The van der Waals surface area contributed by atoms with Gasteiger partial charge in [-0.15, -0.1) is 12.4 Å². The Morgan fingerprint density at radius 3 is 1.40 bits per heavy atom. The molecule has 0 aromatic rings. The molecule has 0 atom stereocenters. The van der Waals surface area contributed by atoms with E-state index in [-0.39, 0.29) is 18.8 Å². The van der Waals surface area contributed by atoms with Gasteiger partial charge in [0.05, 0.1) is 0 Å². The highest BCUT2D eigenvalue weighted by Crippen LogP contribution is 1.67. The number of carbonyl (C=O) groups is 2. The zero-order chi connectivity index (χ0) is 7.86. The van der Waals surface area contributed by atoms with Gasteiger partial charge in [0.1, 0.15) is 0 Å². The van der Waals surface area contributed by atoms with Crippen molar-refractivity contribution < 1.29 is 19.8 Å². The average molecular weight is 171 g/mol. The zero-order valence-electron chi connectivity index (χ0n) is 5.83. The van der Waals surface area contributed by atoms with Crippen LogP contribution >= 0.6 is 12.4 Å². The lowest BCUT2D eigenvalue weighted by Crippen LogP contribution is -1.86. The largest absolute Gasteiger partial charge is 0.481 e. The number of aliphatic carboxylic acids is 2. The number of carboxylic acids is 2. The Labute approximate surface area is 65.3 Å². The van der Waals surface area contributed by atoms with Crippen molar-refractivity contribution in [2.45, 2.75) is 20.3 Å². The number of rotatable bonds is 1. The van der Waals surface area contributed by atoms with Crippen LogP contribution in [-0.4, -0.2) is 22.2 Å². The summed E-state index contributed by atoms with van der Waals surface area (Å²) in [4.78, 5) is 18.4. The second-order valence-electron chi connectivity index (χ2n) is 1.27. The molecule has 0 saturated carbocycles. The Hall–Kier alpha value is -0.770. The smallest absolute Gasteiger partial charge is 0.303 e. The summed E-state index contributed by atoms with van der Waals surface area (Å²) >= 11 is 0. The van der Waals surface area contributed by atoms with Crippen molar-refractivity contribution >= 4 is 24.3 Å².